The molecule has 2 aliphatic rings. The molecule has 0 saturated heterocycles. The fourth-order valence-electron chi connectivity index (χ4n) is 5.19. The van der Waals surface area contributed by atoms with Crippen molar-refractivity contribution >= 4 is 63.6 Å². The molecule has 10 heteroatoms. The molecule has 214 valence electrons. The summed E-state index contributed by atoms with van der Waals surface area (Å²) in [5.74, 6) is -0.574. The highest BCUT2D eigenvalue weighted by Gasteiger charge is 2.46. The normalized spacial score (nSPS) is 20.6. The number of hydrogen-bond donors (Lipinski definition) is 2. The number of rotatable bonds is 9. The summed E-state index contributed by atoms with van der Waals surface area (Å²) in [4.78, 5) is 12.6. The summed E-state index contributed by atoms with van der Waals surface area (Å²) in [5, 5.41) is 12.5. The largest absolute Gasteiger partial charge is 0.489 e. The first-order valence-corrected chi connectivity index (χ1v) is 14.6. The monoisotopic (exact) mass is 633 g/mol. The summed E-state index contributed by atoms with van der Waals surface area (Å²) in [6, 6.07) is 14.3. The Morgan fingerprint density at radius 1 is 1.07 bits per heavy atom. The van der Waals surface area contributed by atoms with Gasteiger partial charge in [-0.25, -0.2) is 9.18 Å². The Bertz CT molecular complexity index is 1550. The Balaban J connectivity index is 1.32. The lowest BCUT2D eigenvalue weighted by Crippen LogP contribution is -2.40. The molecular formula is C31H27Cl3FNO4S. The fraction of sp³-hybridized carbons (Fsp3) is 0.290. The molecule has 0 atom stereocenters. The van der Waals surface area contributed by atoms with Crippen molar-refractivity contribution in [2.45, 2.75) is 37.2 Å². The van der Waals surface area contributed by atoms with Gasteiger partial charge in [0.05, 0.1) is 33.3 Å². The number of esters is 1. The number of thiocarbonyl (C=S) groups is 1. The van der Waals surface area contributed by atoms with Gasteiger partial charge in [0.2, 0.25) is 0 Å². The minimum atomic E-state index is -1.21. The van der Waals surface area contributed by atoms with E-state index in [4.69, 9.17) is 62.2 Å². The maximum atomic E-state index is 14.1. The van der Waals surface area contributed by atoms with E-state index < -0.39 is 17.4 Å². The third-order valence-corrected chi connectivity index (χ3v) is 9.13. The summed E-state index contributed by atoms with van der Waals surface area (Å²) < 4.78 is 24.9. The van der Waals surface area contributed by atoms with Crippen LogP contribution >= 0.6 is 47.0 Å². The number of aliphatic hydroxyl groups is 1. The molecule has 3 aromatic rings. The average molecular weight is 635 g/mol. The smallest absolute Gasteiger partial charge is 0.337 e. The maximum absolute atomic E-state index is 14.1. The molecule has 0 amide bonds. The average Bonchev–Trinajstić information content (AvgIpc) is 3.76. The lowest BCUT2D eigenvalue weighted by Gasteiger charge is -2.44. The van der Waals surface area contributed by atoms with E-state index in [1.165, 1.54) is 13.2 Å². The molecular weight excluding hydrogens is 608 g/mol. The summed E-state index contributed by atoms with van der Waals surface area (Å²) in [6.07, 6.45) is 2.61. The van der Waals surface area contributed by atoms with Crippen LogP contribution in [0, 0.1) is 11.7 Å². The van der Waals surface area contributed by atoms with Gasteiger partial charge in [0.25, 0.3) is 0 Å². The minimum Gasteiger partial charge on any atom is -0.489 e. The lowest BCUT2D eigenvalue weighted by molar-refractivity contribution is -0.0549. The molecule has 0 unspecified atom stereocenters. The second-order valence-corrected chi connectivity index (χ2v) is 12.1. The Morgan fingerprint density at radius 2 is 1.76 bits per heavy atom. The van der Waals surface area contributed by atoms with Crippen molar-refractivity contribution in [2.24, 2.45) is 11.7 Å². The number of carbonyl (C=O) groups is 1. The SMILES string of the molecule is COC(=O)c1cc(F)cc(C2CC(O)(c3ccc(OCC(C(=S)C4CC4)=C(N)c4c(Cl)cccc4Cl)cc3Cl)C2)c1. The number of ether oxygens (including phenoxy) is 2. The van der Waals surface area contributed by atoms with Crippen LogP contribution in [0.4, 0.5) is 4.39 Å². The zero-order valence-corrected chi connectivity index (χ0v) is 25.1. The molecule has 2 saturated carbocycles. The Morgan fingerprint density at radius 3 is 2.37 bits per heavy atom. The van der Waals surface area contributed by atoms with Crippen molar-refractivity contribution in [1.29, 1.82) is 0 Å². The molecule has 0 aromatic heterocycles. The van der Waals surface area contributed by atoms with Crippen LogP contribution in [-0.4, -0.2) is 29.7 Å². The van der Waals surface area contributed by atoms with E-state index in [0.717, 1.165) is 23.8 Å². The molecule has 3 N–H and O–H groups in total. The molecule has 5 nitrogen and oxygen atoms in total. The van der Waals surface area contributed by atoms with E-state index in [0.29, 0.717) is 61.6 Å². The van der Waals surface area contributed by atoms with Gasteiger partial charge in [-0.1, -0.05) is 59.2 Å². The fourth-order valence-corrected chi connectivity index (χ4v) is 6.54. The van der Waals surface area contributed by atoms with Gasteiger partial charge in [0, 0.05) is 27.3 Å². The van der Waals surface area contributed by atoms with E-state index in [1.54, 1.807) is 42.5 Å². The third kappa shape index (κ3) is 6.25. The van der Waals surface area contributed by atoms with Crippen molar-refractivity contribution < 1.29 is 23.8 Å². The van der Waals surface area contributed by atoms with Crippen molar-refractivity contribution in [3.8, 4) is 5.75 Å². The Kier molecular flexibility index (Phi) is 8.65. The van der Waals surface area contributed by atoms with Gasteiger partial charge in [-0.2, -0.15) is 0 Å². The number of benzene rings is 3. The highest BCUT2D eigenvalue weighted by atomic mass is 35.5. The van der Waals surface area contributed by atoms with Crippen LogP contribution in [0.3, 0.4) is 0 Å². The Hall–Kier alpha value is -2.68. The number of nitrogens with two attached hydrogens (primary N) is 1. The Labute approximate surface area is 258 Å². The second-order valence-electron chi connectivity index (χ2n) is 10.5. The summed E-state index contributed by atoms with van der Waals surface area (Å²) in [6.45, 7) is 0.0901. The summed E-state index contributed by atoms with van der Waals surface area (Å²) in [5.41, 5.74) is 8.18. The topological polar surface area (TPSA) is 81.8 Å². The van der Waals surface area contributed by atoms with Crippen LogP contribution in [0.25, 0.3) is 5.70 Å². The first-order chi connectivity index (χ1) is 19.5. The molecule has 0 bridgehead atoms. The lowest BCUT2D eigenvalue weighted by atomic mass is 9.65. The van der Waals surface area contributed by atoms with Crippen LogP contribution in [-0.2, 0) is 10.3 Å². The highest BCUT2D eigenvalue weighted by Crippen LogP contribution is 2.53. The van der Waals surface area contributed by atoms with Crippen molar-refractivity contribution in [3.63, 3.8) is 0 Å². The molecule has 0 aliphatic heterocycles. The first-order valence-electron chi connectivity index (χ1n) is 13.0. The molecule has 5 rings (SSSR count). The molecule has 41 heavy (non-hydrogen) atoms. The van der Waals surface area contributed by atoms with Gasteiger partial charge in [-0.3, -0.25) is 0 Å². The van der Waals surface area contributed by atoms with E-state index in [2.05, 4.69) is 0 Å². The van der Waals surface area contributed by atoms with Crippen LogP contribution < -0.4 is 10.5 Å². The van der Waals surface area contributed by atoms with Gasteiger partial charge in [0.15, 0.2) is 0 Å². The summed E-state index contributed by atoms with van der Waals surface area (Å²) in [7, 11) is 1.24. The zero-order chi connectivity index (χ0) is 29.5. The van der Waals surface area contributed by atoms with Crippen LogP contribution in [0.2, 0.25) is 15.1 Å². The number of methoxy groups -OCH3 is 1. The van der Waals surface area contributed by atoms with Gasteiger partial charge in [-0.15, -0.1) is 0 Å². The highest BCUT2D eigenvalue weighted by molar-refractivity contribution is 7.81. The zero-order valence-electron chi connectivity index (χ0n) is 22.1. The molecule has 2 aliphatic carbocycles. The van der Waals surface area contributed by atoms with Crippen LogP contribution in [0.15, 0.2) is 60.2 Å². The maximum Gasteiger partial charge on any atom is 0.337 e. The van der Waals surface area contributed by atoms with E-state index in [9.17, 15) is 14.3 Å². The van der Waals surface area contributed by atoms with Crippen molar-refractivity contribution in [3.05, 3.63) is 103 Å². The van der Waals surface area contributed by atoms with E-state index in [1.807, 2.05) is 0 Å². The number of halogens is 4. The molecule has 0 heterocycles. The molecule has 2 fully saturated rings. The van der Waals surface area contributed by atoms with E-state index >= 15 is 0 Å². The van der Waals surface area contributed by atoms with Crippen LogP contribution in [0.1, 0.15) is 58.6 Å². The number of hydrogen-bond acceptors (Lipinski definition) is 6. The van der Waals surface area contributed by atoms with E-state index in [-0.39, 0.29) is 24.0 Å². The molecule has 0 radical (unpaired) electrons. The van der Waals surface area contributed by atoms with Gasteiger partial charge >= 0.3 is 5.97 Å². The predicted octanol–water partition coefficient (Wildman–Crippen LogP) is 7.87. The van der Waals surface area contributed by atoms with Crippen molar-refractivity contribution in [2.75, 3.05) is 13.7 Å². The predicted molar refractivity (Wildman–Crippen MR) is 163 cm³/mol. The molecule has 3 aromatic carbocycles. The van der Waals surface area contributed by atoms with Crippen LogP contribution in [0.5, 0.6) is 5.75 Å². The quantitative estimate of drug-likeness (QED) is 0.142. The van der Waals surface area contributed by atoms with Gasteiger partial charge in [-0.05, 0) is 85.5 Å². The standard InChI is InChI=1S/C31H27Cl3FNO4S/c1-39-30(37)18-9-17(10-20(35)11-18)19-13-31(38,14-19)23-8-7-21(12-26(23)34)40-15-22(29(41)16-5-6-16)28(36)27-24(32)3-2-4-25(27)33/h2-4,7-12,16,19,38H,5-6,13-15,36H2,1H3. The second kappa shape index (κ2) is 11.9. The first kappa shape index (κ1) is 29.8. The van der Waals surface area contributed by atoms with Gasteiger partial charge in [0.1, 0.15) is 18.2 Å². The minimum absolute atomic E-state index is 0.0901. The third-order valence-electron chi connectivity index (χ3n) is 7.61. The molecule has 0 spiro atoms. The van der Waals surface area contributed by atoms with Gasteiger partial charge < -0.3 is 20.3 Å². The summed E-state index contributed by atoms with van der Waals surface area (Å²) >= 11 is 25.2. The van der Waals surface area contributed by atoms with Crippen molar-refractivity contribution in [1.82, 2.24) is 0 Å². The number of carbonyl (C=O) groups excluding carboxylic acids is 1.